The number of hydrogen-bond donors (Lipinski definition) is 2. The molecule has 78 valence electrons. The molecule has 2 nitrogen and oxygen atoms in total. The van der Waals surface area contributed by atoms with Crippen LogP contribution in [0.5, 0.6) is 0 Å². The lowest BCUT2D eigenvalue weighted by Gasteiger charge is -2.01. The average Bonchev–Trinajstić information content (AvgIpc) is 2.64. The minimum atomic E-state index is -0.0212. The third-order valence-corrected chi connectivity index (χ3v) is 3.34. The third kappa shape index (κ3) is 2.52. The van der Waals surface area contributed by atoms with Crippen LogP contribution in [-0.4, -0.2) is 10.1 Å². The number of benzene rings is 1. The predicted octanol–water partition coefficient (Wildman–Crippen LogP) is 3.24. The number of thiazole rings is 1. The first kappa shape index (κ1) is 11.0. The molecule has 0 bridgehead atoms. The number of aromatic nitrogens is 1. The molecule has 1 heterocycles. The Kier molecular flexibility index (Phi) is 3.31. The maximum Gasteiger partial charge on any atom is 0.124 e. The van der Waals surface area contributed by atoms with Gasteiger partial charge in [0.2, 0.25) is 0 Å². The van der Waals surface area contributed by atoms with E-state index < -0.39 is 0 Å². The lowest BCUT2D eigenvalue weighted by atomic mass is 10.1. The maximum atomic E-state index is 9.05. The molecule has 1 aromatic carbocycles. The van der Waals surface area contributed by atoms with Crippen molar-refractivity contribution in [3.63, 3.8) is 0 Å². The summed E-state index contributed by atoms with van der Waals surface area (Å²) in [5, 5.41) is 10.5. The van der Waals surface area contributed by atoms with Crippen molar-refractivity contribution in [3.05, 3.63) is 35.0 Å². The second-order valence-electron chi connectivity index (χ2n) is 3.01. The van der Waals surface area contributed by atoms with Crippen LogP contribution in [-0.2, 0) is 6.61 Å². The van der Waals surface area contributed by atoms with Gasteiger partial charge in [0.05, 0.1) is 17.0 Å². The highest BCUT2D eigenvalue weighted by molar-refractivity contribution is 7.83. The van der Waals surface area contributed by atoms with Crippen LogP contribution in [0.25, 0.3) is 10.6 Å². The number of thiol groups is 1. The van der Waals surface area contributed by atoms with E-state index in [0.717, 1.165) is 20.3 Å². The standard InChI is InChI=1S/C10H8ClNOS2/c11-8-2-6(5-13)1-7(3-8)10-12-4-9(14)15-10/h1-4,13-14H,5H2. The molecule has 0 saturated heterocycles. The summed E-state index contributed by atoms with van der Waals surface area (Å²) < 4.78 is 0.857. The van der Waals surface area contributed by atoms with Gasteiger partial charge in [0.25, 0.3) is 0 Å². The zero-order chi connectivity index (χ0) is 10.8. The summed E-state index contributed by atoms with van der Waals surface area (Å²) >= 11 is 11.6. The molecular weight excluding hydrogens is 250 g/mol. The fourth-order valence-corrected chi connectivity index (χ4v) is 2.48. The van der Waals surface area contributed by atoms with Gasteiger partial charge in [0.15, 0.2) is 0 Å². The second-order valence-corrected chi connectivity index (χ2v) is 5.26. The van der Waals surface area contributed by atoms with E-state index in [-0.39, 0.29) is 6.61 Å². The highest BCUT2D eigenvalue weighted by Gasteiger charge is 2.05. The summed E-state index contributed by atoms with van der Waals surface area (Å²) in [6.45, 7) is -0.0212. The van der Waals surface area contributed by atoms with Crippen LogP contribution in [0.1, 0.15) is 5.56 Å². The average molecular weight is 258 g/mol. The van der Waals surface area contributed by atoms with Gasteiger partial charge in [-0.15, -0.1) is 24.0 Å². The van der Waals surface area contributed by atoms with Crippen molar-refractivity contribution in [3.8, 4) is 10.6 Å². The quantitative estimate of drug-likeness (QED) is 0.810. The Bertz CT molecular complexity index is 484. The smallest absolute Gasteiger partial charge is 0.124 e. The highest BCUT2D eigenvalue weighted by Crippen LogP contribution is 2.29. The zero-order valence-electron chi connectivity index (χ0n) is 7.64. The lowest BCUT2D eigenvalue weighted by Crippen LogP contribution is -1.84. The first-order chi connectivity index (χ1) is 7.19. The Morgan fingerprint density at radius 3 is 2.80 bits per heavy atom. The summed E-state index contributed by atoms with van der Waals surface area (Å²) in [6.07, 6.45) is 1.70. The Hall–Kier alpha value is -0.550. The molecule has 0 radical (unpaired) electrons. The largest absolute Gasteiger partial charge is 0.392 e. The molecule has 0 atom stereocenters. The van der Waals surface area contributed by atoms with E-state index in [2.05, 4.69) is 17.6 Å². The third-order valence-electron chi connectivity index (χ3n) is 1.88. The Morgan fingerprint density at radius 2 is 2.20 bits per heavy atom. The van der Waals surface area contributed by atoms with E-state index in [1.54, 1.807) is 12.3 Å². The minimum Gasteiger partial charge on any atom is -0.392 e. The molecule has 1 aromatic heterocycles. The number of hydrogen-bond acceptors (Lipinski definition) is 4. The molecule has 2 aromatic rings. The van der Waals surface area contributed by atoms with Crippen molar-refractivity contribution in [2.45, 2.75) is 10.8 Å². The van der Waals surface area contributed by atoms with E-state index in [1.807, 2.05) is 12.1 Å². The predicted molar refractivity (Wildman–Crippen MR) is 65.7 cm³/mol. The Balaban J connectivity index is 2.48. The van der Waals surface area contributed by atoms with Crippen molar-refractivity contribution >= 4 is 35.6 Å². The lowest BCUT2D eigenvalue weighted by molar-refractivity contribution is 0.282. The molecule has 15 heavy (non-hydrogen) atoms. The van der Waals surface area contributed by atoms with Gasteiger partial charge in [-0.3, -0.25) is 0 Å². The molecule has 5 heteroatoms. The van der Waals surface area contributed by atoms with Crippen LogP contribution in [0.3, 0.4) is 0 Å². The molecule has 0 fully saturated rings. The Labute approximate surface area is 102 Å². The van der Waals surface area contributed by atoms with E-state index in [4.69, 9.17) is 16.7 Å². The van der Waals surface area contributed by atoms with Crippen molar-refractivity contribution in [2.75, 3.05) is 0 Å². The molecule has 1 N–H and O–H groups in total. The normalized spacial score (nSPS) is 10.6. The minimum absolute atomic E-state index is 0.0212. The number of aliphatic hydroxyl groups is 1. The molecule has 0 aliphatic heterocycles. The number of halogens is 1. The summed E-state index contributed by atoms with van der Waals surface area (Å²) in [7, 11) is 0. The summed E-state index contributed by atoms with van der Waals surface area (Å²) in [5.74, 6) is 0. The van der Waals surface area contributed by atoms with E-state index in [0.29, 0.717) is 5.02 Å². The van der Waals surface area contributed by atoms with Crippen LogP contribution in [0.4, 0.5) is 0 Å². The van der Waals surface area contributed by atoms with Crippen LogP contribution in [0.2, 0.25) is 5.02 Å². The topological polar surface area (TPSA) is 33.1 Å². The second kappa shape index (κ2) is 4.53. The molecule has 0 unspecified atom stereocenters. The van der Waals surface area contributed by atoms with Gasteiger partial charge in [-0.25, -0.2) is 4.98 Å². The first-order valence-electron chi connectivity index (χ1n) is 4.24. The zero-order valence-corrected chi connectivity index (χ0v) is 10.1. The monoisotopic (exact) mass is 257 g/mol. The fraction of sp³-hybridized carbons (Fsp3) is 0.100. The molecule has 0 amide bonds. The van der Waals surface area contributed by atoms with Crippen molar-refractivity contribution < 1.29 is 5.11 Å². The SMILES string of the molecule is OCc1cc(Cl)cc(-c2ncc(S)s2)c1. The molecule has 2 rings (SSSR count). The summed E-state index contributed by atoms with van der Waals surface area (Å²) in [4.78, 5) is 4.20. The van der Waals surface area contributed by atoms with Crippen molar-refractivity contribution in [1.82, 2.24) is 4.98 Å². The molecule has 0 aliphatic carbocycles. The van der Waals surface area contributed by atoms with Gasteiger partial charge >= 0.3 is 0 Å². The maximum absolute atomic E-state index is 9.05. The first-order valence-corrected chi connectivity index (χ1v) is 5.88. The molecule has 0 spiro atoms. The number of nitrogens with zero attached hydrogens (tertiary/aromatic N) is 1. The van der Waals surface area contributed by atoms with Crippen molar-refractivity contribution in [2.24, 2.45) is 0 Å². The highest BCUT2D eigenvalue weighted by atomic mass is 35.5. The Morgan fingerprint density at radius 1 is 1.40 bits per heavy atom. The van der Waals surface area contributed by atoms with E-state index in [9.17, 15) is 0 Å². The van der Waals surface area contributed by atoms with Crippen LogP contribution < -0.4 is 0 Å². The number of rotatable bonds is 2. The van der Waals surface area contributed by atoms with Crippen LogP contribution in [0, 0.1) is 0 Å². The molecular formula is C10H8ClNOS2. The van der Waals surface area contributed by atoms with Gasteiger partial charge in [0, 0.05) is 10.6 Å². The van der Waals surface area contributed by atoms with Crippen molar-refractivity contribution in [1.29, 1.82) is 0 Å². The van der Waals surface area contributed by atoms with Gasteiger partial charge in [-0.2, -0.15) is 0 Å². The molecule has 0 saturated carbocycles. The van der Waals surface area contributed by atoms with Gasteiger partial charge in [-0.05, 0) is 23.8 Å². The fourth-order valence-electron chi connectivity index (χ4n) is 1.26. The van der Waals surface area contributed by atoms with Gasteiger partial charge in [0.1, 0.15) is 5.01 Å². The van der Waals surface area contributed by atoms with E-state index >= 15 is 0 Å². The summed E-state index contributed by atoms with van der Waals surface area (Å²) in [5.41, 5.74) is 1.70. The number of aliphatic hydroxyl groups excluding tert-OH is 1. The van der Waals surface area contributed by atoms with Crippen LogP contribution >= 0.6 is 35.6 Å². The van der Waals surface area contributed by atoms with E-state index in [1.165, 1.54) is 11.3 Å². The van der Waals surface area contributed by atoms with Gasteiger partial charge in [-0.1, -0.05) is 11.6 Å². The summed E-state index contributed by atoms with van der Waals surface area (Å²) in [6, 6.07) is 5.44. The molecule has 0 aliphatic rings. The van der Waals surface area contributed by atoms with Gasteiger partial charge < -0.3 is 5.11 Å². The van der Waals surface area contributed by atoms with Crippen LogP contribution in [0.15, 0.2) is 28.6 Å².